The molecule has 0 saturated carbocycles. The molecule has 1 atom stereocenters. The molecule has 2 aromatic heterocycles. The Morgan fingerprint density at radius 1 is 0.900 bits per heavy atom. The van der Waals surface area contributed by atoms with Gasteiger partial charge in [-0.1, -0.05) is 12.1 Å². The Balaban J connectivity index is 0.939. The van der Waals surface area contributed by atoms with E-state index >= 15 is 0 Å². The van der Waals surface area contributed by atoms with Gasteiger partial charge in [0.2, 0.25) is 0 Å². The lowest BCUT2D eigenvalue weighted by Crippen LogP contribution is -2.59. The third-order valence-corrected chi connectivity index (χ3v) is 10.2. The van der Waals surface area contributed by atoms with Crippen LogP contribution in [0.2, 0.25) is 0 Å². The van der Waals surface area contributed by atoms with Crippen molar-refractivity contribution in [3.63, 3.8) is 0 Å². The highest BCUT2D eigenvalue weighted by Crippen LogP contribution is 2.43. The van der Waals surface area contributed by atoms with Crippen LogP contribution in [0.1, 0.15) is 59.7 Å². The summed E-state index contributed by atoms with van der Waals surface area (Å²) in [6, 6.07) is 9.03. The van der Waals surface area contributed by atoms with Gasteiger partial charge in [0, 0.05) is 56.0 Å². The van der Waals surface area contributed by atoms with Gasteiger partial charge in [0.1, 0.15) is 11.6 Å². The number of benzene rings is 1. The highest BCUT2D eigenvalue weighted by atomic mass is 16.2. The number of hydrogen-bond acceptors (Lipinski definition) is 6. The molecule has 2 bridgehead atoms. The molecule has 7 heterocycles. The van der Waals surface area contributed by atoms with Crippen LogP contribution in [-0.2, 0) is 19.6 Å². The number of amides is 1. The van der Waals surface area contributed by atoms with Crippen LogP contribution < -0.4 is 0 Å². The van der Waals surface area contributed by atoms with Crippen molar-refractivity contribution < 1.29 is 4.79 Å². The van der Waals surface area contributed by atoms with Gasteiger partial charge >= 0.3 is 0 Å². The van der Waals surface area contributed by atoms with Gasteiger partial charge in [0.05, 0.1) is 13.1 Å². The van der Waals surface area contributed by atoms with E-state index in [0.717, 1.165) is 30.2 Å². The molecule has 5 aliphatic heterocycles. The summed E-state index contributed by atoms with van der Waals surface area (Å²) in [5, 5.41) is 0. The van der Waals surface area contributed by atoms with E-state index in [1.165, 1.54) is 83.5 Å². The number of carbonyl (C=O) groups excluding carboxylic acids is 1. The van der Waals surface area contributed by atoms with E-state index in [9.17, 15) is 4.79 Å². The van der Waals surface area contributed by atoms with Gasteiger partial charge in [-0.05, 0) is 93.9 Å². The van der Waals surface area contributed by atoms with E-state index in [2.05, 4.69) is 46.8 Å². The highest BCUT2D eigenvalue weighted by molar-refractivity contribution is 5.94. The van der Waals surface area contributed by atoms with Gasteiger partial charge in [0.15, 0.2) is 0 Å². The van der Waals surface area contributed by atoms with Gasteiger partial charge in [-0.2, -0.15) is 0 Å². The fraction of sp³-hybridized carbons (Fsp3) is 0.581. The van der Waals surface area contributed by atoms with Gasteiger partial charge < -0.3 is 19.8 Å². The molecule has 3 aromatic rings. The van der Waals surface area contributed by atoms with Crippen molar-refractivity contribution in [2.45, 2.75) is 57.8 Å². The Bertz CT molecular complexity index is 1200. The number of piperidine rings is 4. The van der Waals surface area contributed by atoms with Crippen LogP contribution in [0.15, 0.2) is 49.1 Å². The van der Waals surface area contributed by atoms with Crippen LogP contribution in [-0.4, -0.2) is 97.3 Å². The first-order valence-electron chi connectivity index (χ1n) is 15.2. The van der Waals surface area contributed by atoms with Crippen molar-refractivity contribution in [1.82, 2.24) is 39.5 Å². The smallest absolute Gasteiger partial charge is 0.254 e. The molecule has 212 valence electrons. The zero-order chi connectivity index (χ0) is 26.9. The second-order valence-electron chi connectivity index (χ2n) is 12.6. The lowest BCUT2D eigenvalue weighted by molar-refractivity contribution is -0.0214. The standard InChI is InChI=1S/C31H42N8O/c40-30(39(21-28-32-10-11-33-28)22-29-34-12-13-35-29)26-3-1-24(2-4-26)19-37-16-7-31(23-37)8-17-38(18-9-31)27-20-36-14-5-25(27)6-15-36/h1-4,10-13,25,27H,5-9,14-23H2,(H,32,33)(H,34,35). The molecule has 0 aliphatic carbocycles. The van der Waals surface area contributed by atoms with E-state index in [0.29, 0.717) is 24.1 Å². The molecule has 5 aliphatic rings. The zero-order valence-electron chi connectivity index (χ0n) is 23.5. The summed E-state index contributed by atoms with van der Waals surface area (Å²) in [5.41, 5.74) is 2.47. The normalized spacial score (nSPS) is 26.4. The minimum absolute atomic E-state index is 0.0192. The van der Waals surface area contributed by atoms with Crippen LogP contribution in [0, 0.1) is 11.3 Å². The molecular weight excluding hydrogens is 500 g/mol. The SMILES string of the molecule is O=C(c1ccc(CN2CCC3(CCN(C4CN5CCC4CC5)CC3)C2)cc1)N(Cc1ncc[nH]1)Cc1ncc[nH]1. The Labute approximate surface area is 237 Å². The predicted octanol–water partition coefficient (Wildman–Crippen LogP) is 3.36. The van der Waals surface area contributed by atoms with Crippen molar-refractivity contribution >= 4 is 5.91 Å². The number of aromatic amines is 2. The van der Waals surface area contributed by atoms with Crippen molar-refractivity contribution in [1.29, 1.82) is 0 Å². The van der Waals surface area contributed by atoms with Crippen LogP contribution in [0.5, 0.6) is 0 Å². The number of carbonyl (C=O) groups is 1. The van der Waals surface area contributed by atoms with E-state index < -0.39 is 0 Å². The zero-order valence-corrected chi connectivity index (χ0v) is 23.5. The van der Waals surface area contributed by atoms with Crippen molar-refractivity contribution in [2.24, 2.45) is 11.3 Å². The van der Waals surface area contributed by atoms with Gasteiger partial charge in [0.25, 0.3) is 5.91 Å². The summed E-state index contributed by atoms with van der Waals surface area (Å²) in [7, 11) is 0. The summed E-state index contributed by atoms with van der Waals surface area (Å²) in [6.07, 6.45) is 13.8. The van der Waals surface area contributed by atoms with Gasteiger partial charge in [-0.15, -0.1) is 0 Å². The fourth-order valence-corrected chi connectivity index (χ4v) is 7.77. The number of H-pyrrole nitrogens is 2. The molecule has 1 amide bonds. The lowest BCUT2D eigenvalue weighted by atomic mass is 9.75. The largest absolute Gasteiger partial charge is 0.347 e. The fourth-order valence-electron chi connectivity index (χ4n) is 7.77. The minimum atomic E-state index is -0.0192. The maximum atomic E-state index is 13.5. The summed E-state index contributed by atoms with van der Waals surface area (Å²) >= 11 is 0. The number of aromatic nitrogens is 4. The van der Waals surface area contributed by atoms with E-state index in [-0.39, 0.29) is 5.91 Å². The van der Waals surface area contributed by atoms with Gasteiger partial charge in [-0.25, -0.2) is 9.97 Å². The summed E-state index contributed by atoms with van der Waals surface area (Å²) in [4.78, 5) is 38.3. The minimum Gasteiger partial charge on any atom is -0.347 e. The topological polar surface area (TPSA) is 87.4 Å². The predicted molar refractivity (Wildman–Crippen MR) is 153 cm³/mol. The molecule has 1 unspecified atom stereocenters. The quantitative estimate of drug-likeness (QED) is 0.454. The first-order chi connectivity index (χ1) is 19.6. The van der Waals surface area contributed by atoms with E-state index in [4.69, 9.17) is 0 Å². The maximum Gasteiger partial charge on any atom is 0.254 e. The molecule has 5 fully saturated rings. The molecule has 40 heavy (non-hydrogen) atoms. The van der Waals surface area contributed by atoms with Crippen molar-refractivity contribution in [3.05, 3.63) is 71.8 Å². The molecular formula is C31H42N8O. The number of imidazole rings is 2. The highest BCUT2D eigenvalue weighted by Gasteiger charge is 2.44. The second-order valence-corrected chi connectivity index (χ2v) is 12.6. The Morgan fingerprint density at radius 3 is 2.12 bits per heavy atom. The molecule has 0 radical (unpaired) electrons. The summed E-state index contributed by atoms with van der Waals surface area (Å²) < 4.78 is 0. The molecule has 1 aromatic carbocycles. The average Bonchev–Trinajstić information content (AvgIpc) is 3.78. The molecule has 2 N–H and O–H groups in total. The maximum absolute atomic E-state index is 13.5. The molecule has 8 rings (SSSR count). The van der Waals surface area contributed by atoms with E-state index in [1.807, 2.05) is 12.1 Å². The number of rotatable bonds is 8. The summed E-state index contributed by atoms with van der Waals surface area (Å²) in [5.74, 6) is 2.44. The molecule has 9 nitrogen and oxygen atoms in total. The van der Waals surface area contributed by atoms with Crippen LogP contribution >= 0.6 is 0 Å². The number of nitrogens with one attached hydrogen (secondary N) is 2. The Hall–Kier alpha value is -3.01. The monoisotopic (exact) mass is 542 g/mol. The van der Waals surface area contributed by atoms with Gasteiger partial charge in [-0.3, -0.25) is 14.6 Å². The van der Waals surface area contributed by atoms with Crippen LogP contribution in [0.4, 0.5) is 0 Å². The average molecular weight is 543 g/mol. The lowest BCUT2D eigenvalue weighted by Gasteiger charge is -2.52. The summed E-state index contributed by atoms with van der Waals surface area (Å²) in [6.45, 7) is 10.7. The third kappa shape index (κ3) is 5.47. The second kappa shape index (κ2) is 11.1. The molecule has 1 spiro atoms. The number of nitrogens with zero attached hydrogens (tertiary/aromatic N) is 6. The van der Waals surface area contributed by atoms with Crippen LogP contribution in [0.25, 0.3) is 0 Å². The number of fused-ring (bicyclic) bond motifs is 3. The van der Waals surface area contributed by atoms with Crippen molar-refractivity contribution in [2.75, 3.05) is 45.8 Å². The number of hydrogen-bond donors (Lipinski definition) is 2. The first kappa shape index (κ1) is 25.9. The Morgan fingerprint density at radius 2 is 1.55 bits per heavy atom. The van der Waals surface area contributed by atoms with E-state index in [1.54, 1.807) is 29.7 Å². The first-order valence-corrected chi connectivity index (χ1v) is 15.2. The molecule has 9 heteroatoms. The Kier molecular flexibility index (Phi) is 7.20. The van der Waals surface area contributed by atoms with Crippen molar-refractivity contribution in [3.8, 4) is 0 Å². The van der Waals surface area contributed by atoms with Crippen LogP contribution in [0.3, 0.4) is 0 Å². The number of likely N-dealkylation sites (tertiary alicyclic amines) is 2. The third-order valence-electron chi connectivity index (χ3n) is 10.2. The molecule has 5 saturated heterocycles.